The molecule has 0 bridgehead atoms. The number of allylic oxidation sites excluding steroid dienone is 1. The van der Waals surface area contributed by atoms with Gasteiger partial charge in [-0.25, -0.2) is 0 Å². The van der Waals surface area contributed by atoms with Gasteiger partial charge in [-0.15, -0.1) is 0 Å². The molecule has 1 fully saturated rings. The first-order valence-corrected chi connectivity index (χ1v) is 9.50. The minimum atomic E-state index is -0.491. The predicted molar refractivity (Wildman–Crippen MR) is 98.8 cm³/mol. The Morgan fingerprint density at radius 2 is 2.04 bits per heavy atom. The van der Waals surface area contributed by atoms with Crippen molar-refractivity contribution >= 4 is 11.8 Å². The second kappa shape index (κ2) is 7.85. The Morgan fingerprint density at radius 3 is 2.80 bits per heavy atom. The van der Waals surface area contributed by atoms with Gasteiger partial charge in [-0.1, -0.05) is 36.4 Å². The van der Waals surface area contributed by atoms with E-state index in [4.69, 9.17) is 0 Å². The molecule has 1 aliphatic heterocycles. The van der Waals surface area contributed by atoms with Crippen molar-refractivity contribution in [1.29, 1.82) is 0 Å². The zero-order chi connectivity index (χ0) is 17.7. The van der Waals surface area contributed by atoms with Crippen LogP contribution < -0.4 is 5.32 Å². The molecule has 0 saturated carbocycles. The lowest BCUT2D eigenvalue weighted by Crippen LogP contribution is -2.53. The molecule has 1 aromatic carbocycles. The molecule has 25 heavy (non-hydrogen) atoms. The molecule has 134 valence electrons. The van der Waals surface area contributed by atoms with Crippen molar-refractivity contribution in [2.45, 2.75) is 51.9 Å². The van der Waals surface area contributed by atoms with Crippen molar-refractivity contribution in [2.24, 2.45) is 5.41 Å². The molecule has 3 rings (SSSR count). The molecule has 0 aromatic heterocycles. The number of carbonyl (C=O) groups is 2. The number of carbonyl (C=O) groups excluding carboxylic acids is 2. The van der Waals surface area contributed by atoms with Gasteiger partial charge in [0.15, 0.2) is 0 Å². The maximum Gasteiger partial charge on any atom is 0.232 e. The summed E-state index contributed by atoms with van der Waals surface area (Å²) in [7, 11) is 0. The van der Waals surface area contributed by atoms with Crippen molar-refractivity contribution in [3.8, 4) is 0 Å². The van der Waals surface area contributed by atoms with Gasteiger partial charge in [0, 0.05) is 25.2 Å². The number of aryl methyl sites for hydroxylation is 1. The van der Waals surface area contributed by atoms with Crippen molar-refractivity contribution in [1.82, 2.24) is 10.2 Å². The van der Waals surface area contributed by atoms with Crippen LogP contribution >= 0.6 is 0 Å². The van der Waals surface area contributed by atoms with E-state index in [0.29, 0.717) is 25.9 Å². The number of hydrogen-bond donors (Lipinski definition) is 1. The Kier molecular flexibility index (Phi) is 5.57. The lowest BCUT2D eigenvalue weighted by atomic mass is 9.69. The number of nitrogens with zero attached hydrogens (tertiary/aromatic N) is 1. The molecular formula is C21H28N2O2. The van der Waals surface area contributed by atoms with Gasteiger partial charge in [-0.2, -0.15) is 0 Å². The molecule has 4 heteroatoms. The third-order valence-electron chi connectivity index (χ3n) is 5.51. The summed E-state index contributed by atoms with van der Waals surface area (Å²) in [6.45, 7) is 3.32. The highest BCUT2D eigenvalue weighted by atomic mass is 16.2. The molecule has 1 N–H and O–H groups in total. The Hall–Kier alpha value is -2.10. The van der Waals surface area contributed by atoms with Gasteiger partial charge in [0.2, 0.25) is 11.8 Å². The molecule has 2 aliphatic rings. The van der Waals surface area contributed by atoms with Gasteiger partial charge in [-0.05, 0) is 51.0 Å². The predicted octanol–water partition coefficient (Wildman–Crippen LogP) is 3.43. The van der Waals surface area contributed by atoms with Crippen molar-refractivity contribution < 1.29 is 9.59 Å². The SMILES string of the molecule is CCN1C(=O)CCC2(C(=O)NCCCc3ccccc3)CCCC=C12. The molecule has 2 amide bonds. The summed E-state index contributed by atoms with van der Waals surface area (Å²) in [6, 6.07) is 10.3. The van der Waals surface area contributed by atoms with Gasteiger partial charge < -0.3 is 10.2 Å². The lowest BCUT2D eigenvalue weighted by molar-refractivity contribution is -0.140. The molecule has 1 atom stereocenters. The summed E-state index contributed by atoms with van der Waals surface area (Å²) in [5.74, 6) is 0.264. The van der Waals surface area contributed by atoms with Crippen LogP contribution in [-0.2, 0) is 16.0 Å². The molecular weight excluding hydrogens is 312 g/mol. The van der Waals surface area contributed by atoms with Crippen LogP contribution in [0.4, 0.5) is 0 Å². The van der Waals surface area contributed by atoms with E-state index in [1.54, 1.807) is 0 Å². The fourth-order valence-electron chi connectivity index (χ4n) is 4.18. The van der Waals surface area contributed by atoms with Crippen LogP contribution in [0.25, 0.3) is 0 Å². The number of hydrogen-bond acceptors (Lipinski definition) is 2. The fraction of sp³-hybridized carbons (Fsp3) is 0.524. The minimum Gasteiger partial charge on any atom is -0.355 e. The maximum absolute atomic E-state index is 13.0. The normalized spacial score (nSPS) is 23.0. The largest absolute Gasteiger partial charge is 0.355 e. The first kappa shape index (κ1) is 17.7. The van der Waals surface area contributed by atoms with Crippen LogP contribution in [0.1, 0.15) is 51.0 Å². The monoisotopic (exact) mass is 340 g/mol. The second-order valence-corrected chi connectivity index (χ2v) is 7.05. The van der Waals surface area contributed by atoms with E-state index in [1.807, 2.05) is 30.0 Å². The zero-order valence-corrected chi connectivity index (χ0v) is 15.1. The van der Waals surface area contributed by atoms with E-state index >= 15 is 0 Å². The number of likely N-dealkylation sites (tertiary alicyclic amines) is 1. The zero-order valence-electron chi connectivity index (χ0n) is 15.1. The molecule has 0 radical (unpaired) electrons. The molecule has 1 heterocycles. The summed E-state index contributed by atoms with van der Waals surface area (Å²) < 4.78 is 0. The molecule has 1 unspecified atom stereocenters. The number of benzene rings is 1. The van der Waals surface area contributed by atoms with E-state index in [1.165, 1.54) is 5.56 Å². The molecule has 0 spiro atoms. The summed E-state index contributed by atoms with van der Waals surface area (Å²) in [6.07, 6.45) is 7.98. The minimum absolute atomic E-state index is 0.109. The molecule has 4 nitrogen and oxygen atoms in total. The van der Waals surface area contributed by atoms with Crippen LogP contribution in [0.2, 0.25) is 0 Å². The van der Waals surface area contributed by atoms with Crippen molar-refractivity contribution in [3.63, 3.8) is 0 Å². The second-order valence-electron chi connectivity index (χ2n) is 7.05. The Morgan fingerprint density at radius 1 is 1.24 bits per heavy atom. The number of piperidine rings is 1. The first-order valence-electron chi connectivity index (χ1n) is 9.50. The van der Waals surface area contributed by atoms with Crippen LogP contribution in [0.5, 0.6) is 0 Å². The standard InChI is InChI=1S/C21H28N2O2/c1-2-23-18-12-6-7-14-21(18,15-13-19(23)24)20(25)22-16-8-11-17-9-4-3-5-10-17/h3-5,9-10,12H,2,6-8,11,13-16H2,1H3,(H,22,25). The average molecular weight is 340 g/mol. The molecule has 1 aromatic rings. The highest BCUT2D eigenvalue weighted by molar-refractivity contribution is 5.91. The van der Waals surface area contributed by atoms with Crippen LogP contribution in [0.3, 0.4) is 0 Å². The maximum atomic E-state index is 13.0. The van der Waals surface area contributed by atoms with Crippen LogP contribution in [0, 0.1) is 5.41 Å². The smallest absolute Gasteiger partial charge is 0.232 e. The Labute approximate surface area is 150 Å². The number of amides is 2. The lowest BCUT2D eigenvalue weighted by Gasteiger charge is -2.45. The van der Waals surface area contributed by atoms with E-state index in [2.05, 4.69) is 23.5 Å². The highest BCUT2D eigenvalue weighted by Gasteiger charge is 2.48. The van der Waals surface area contributed by atoms with E-state index in [9.17, 15) is 9.59 Å². The number of fused-ring (bicyclic) bond motifs is 1. The van der Waals surface area contributed by atoms with Crippen LogP contribution in [0.15, 0.2) is 42.1 Å². The summed E-state index contributed by atoms with van der Waals surface area (Å²) >= 11 is 0. The molecule has 1 saturated heterocycles. The van der Waals surface area contributed by atoms with Crippen molar-refractivity contribution in [3.05, 3.63) is 47.7 Å². The average Bonchev–Trinajstić information content (AvgIpc) is 2.66. The summed E-state index contributed by atoms with van der Waals surface area (Å²) in [5.41, 5.74) is 1.76. The third-order valence-corrected chi connectivity index (χ3v) is 5.51. The quantitative estimate of drug-likeness (QED) is 0.807. The number of rotatable bonds is 6. The van der Waals surface area contributed by atoms with E-state index in [0.717, 1.165) is 37.8 Å². The van der Waals surface area contributed by atoms with Crippen molar-refractivity contribution in [2.75, 3.05) is 13.1 Å². The summed E-state index contributed by atoms with van der Waals surface area (Å²) in [4.78, 5) is 27.1. The first-order chi connectivity index (χ1) is 12.2. The Balaban J connectivity index is 1.62. The van der Waals surface area contributed by atoms with Crippen LogP contribution in [-0.4, -0.2) is 29.8 Å². The number of nitrogens with one attached hydrogen (secondary N) is 1. The van der Waals surface area contributed by atoms with Gasteiger partial charge in [0.1, 0.15) is 0 Å². The molecule has 1 aliphatic carbocycles. The highest BCUT2D eigenvalue weighted by Crippen LogP contribution is 2.46. The topological polar surface area (TPSA) is 49.4 Å². The van der Waals surface area contributed by atoms with E-state index < -0.39 is 5.41 Å². The van der Waals surface area contributed by atoms with E-state index in [-0.39, 0.29) is 11.8 Å². The Bertz CT molecular complexity index is 653. The third kappa shape index (κ3) is 3.63. The van der Waals surface area contributed by atoms with Gasteiger partial charge in [0.25, 0.3) is 0 Å². The summed E-state index contributed by atoms with van der Waals surface area (Å²) in [5, 5.41) is 3.15. The van der Waals surface area contributed by atoms with Gasteiger partial charge in [-0.3, -0.25) is 9.59 Å². The van der Waals surface area contributed by atoms with Gasteiger partial charge >= 0.3 is 0 Å². The van der Waals surface area contributed by atoms with Gasteiger partial charge in [0.05, 0.1) is 5.41 Å². The fourth-order valence-corrected chi connectivity index (χ4v) is 4.18.